The summed E-state index contributed by atoms with van der Waals surface area (Å²) >= 11 is 0. The van der Waals surface area contributed by atoms with E-state index in [9.17, 15) is 4.79 Å². The van der Waals surface area contributed by atoms with Crippen molar-refractivity contribution >= 4 is 5.91 Å². The molecule has 1 heterocycles. The maximum Gasteiger partial charge on any atom is 0.222 e. The van der Waals surface area contributed by atoms with Crippen LogP contribution < -0.4 is 5.73 Å². The Balaban J connectivity index is 2.29. The number of nitrogens with two attached hydrogens (primary N) is 1. The summed E-state index contributed by atoms with van der Waals surface area (Å²) in [6.45, 7) is 6.95. The van der Waals surface area contributed by atoms with Crippen LogP contribution in [0.2, 0.25) is 0 Å². The zero-order valence-corrected chi connectivity index (χ0v) is 11.8. The van der Waals surface area contributed by atoms with Crippen molar-refractivity contribution in [3.63, 3.8) is 0 Å². The van der Waals surface area contributed by atoms with E-state index in [2.05, 4.69) is 13.8 Å². The first kappa shape index (κ1) is 15.4. The fraction of sp³-hybridized carbons (Fsp3) is 0.929. The Morgan fingerprint density at radius 3 is 2.78 bits per heavy atom. The predicted octanol–water partition coefficient (Wildman–Crippen LogP) is 1.37. The van der Waals surface area contributed by atoms with Gasteiger partial charge in [-0.2, -0.15) is 0 Å². The molecule has 0 bridgehead atoms. The predicted molar refractivity (Wildman–Crippen MR) is 73.1 cm³/mol. The number of nitrogens with zero attached hydrogens (tertiary/aromatic N) is 1. The van der Waals surface area contributed by atoms with Crippen molar-refractivity contribution < 1.29 is 9.90 Å². The van der Waals surface area contributed by atoms with Crippen molar-refractivity contribution in [3.05, 3.63) is 0 Å². The van der Waals surface area contributed by atoms with Crippen LogP contribution in [0, 0.1) is 11.3 Å². The quantitative estimate of drug-likeness (QED) is 0.723. The van der Waals surface area contributed by atoms with Crippen molar-refractivity contribution in [2.45, 2.75) is 46.0 Å². The van der Waals surface area contributed by atoms with Crippen LogP contribution in [0.5, 0.6) is 0 Å². The van der Waals surface area contributed by atoms with Crippen molar-refractivity contribution in [2.24, 2.45) is 17.1 Å². The van der Waals surface area contributed by atoms with E-state index in [4.69, 9.17) is 10.8 Å². The highest BCUT2D eigenvalue weighted by atomic mass is 16.3. The van der Waals surface area contributed by atoms with E-state index in [-0.39, 0.29) is 17.9 Å². The summed E-state index contributed by atoms with van der Waals surface area (Å²) in [6, 6.07) is 0. The minimum atomic E-state index is 0.161. The molecule has 0 saturated carbocycles. The van der Waals surface area contributed by atoms with E-state index in [1.54, 1.807) is 0 Å². The molecular formula is C14H28N2O2. The van der Waals surface area contributed by atoms with E-state index in [1.807, 2.05) is 4.90 Å². The summed E-state index contributed by atoms with van der Waals surface area (Å²) in [4.78, 5) is 14.0. The Bertz CT molecular complexity index is 267. The van der Waals surface area contributed by atoms with E-state index >= 15 is 0 Å². The molecule has 1 fully saturated rings. The minimum absolute atomic E-state index is 0.161. The van der Waals surface area contributed by atoms with Gasteiger partial charge in [0.2, 0.25) is 5.91 Å². The molecule has 1 rings (SSSR count). The fourth-order valence-corrected chi connectivity index (χ4v) is 2.60. The number of rotatable bonds is 7. The van der Waals surface area contributed by atoms with Crippen LogP contribution >= 0.6 is 0 Å². The van der Waals surface area contributed by atoms with Gasteiger partial charge in [0, 0.05) is 26.1 Å². The molecule has 0 aromatic carbocycles. The van der Waals surface area contributed by atoms with Crippen LogP contribution in [0.15, 0.2) is 0 Å². The molecule has 1 unspecified atom stereocenters. The first-order chi connectivity index (χ1) is 8.48. The SMILES string of the molecule is CC(C)(CCN)CCC(=O)N1CCC(CCO)C1. The van der Waals surface area contributed by atoms with Gasteiger partial charge in [-0.1, -0.05) is 13.8 Å². The second kappa shape index (κ2) is 7.10. The van der Waals surface area contributed by atoms with Gasteiger partial charge in [-0.05, 0) is 43.6 Å². The highest BCUT2D eigenvalue weighted by Crippen LogP contribution is 2.27. The molecule has 0 spiro atoms. The Morgan fingerprint density at radius 2 is 2.17 bits per heavy atom. The minimum Gasteiger partial charge on any atom is -0.396 e. The van der Waals surface area contributed by atoms with Crippen LogP contribution in [0.3, 0.4) is 0 Å². The van der Waals surface area contributed by atoms with Crippen LogP contribution in [-0.4, -0.2) is 42.2 Å². The summed E-state index contributed by atoms with van der Waals surface area (Å²) in [5, 5.41) is 8.91. The molecule has 1 atom stereocenters. The fourth-order valence-electron chi connectivity index (χ4n) is 2.60. The average Bonchev–Trinajstić information content (AvgIpc) is 2.75. The zero-order chi connectivity index (χ0) is 13.6. The van der Waals surface area contributed by atoms with Gasteiger partial charge < -0.3 is 15.7 Å². The molecule has 4 nitrogen and oxygen atoms in total. The second-order valence-electron chi connectivity index (χ2n) is 6.21. The third-order valence-electron chi connectivity index (χ3n) is 4.01. The number of likely N-dealkylation sites (tertiary alicyclic amines) is 1. The lowest BCUT2D eigenvalue weighted by Gasteiger charge is -2.25. The van der Waals surface area contributed by atoms with Crippen molar-refractivity contribution in [1.82, 2.24) is 4.90 Å². The Hall–Kier alpha value is -0.610. The molecule has 1 aliphatic heterocycles. The molecule has 3 N–H and O–H groups in total. The molecule has 0 aromatic heterocycles. The van der Waals surface area contributed by atoms with Gasteiger partial charge in [0.1, 0.15) is 0 Å². The van der Waals surface area contributed by atoms with Gasteiger partial charge in [0.15, 0.2) is 0 Å². The lowest BCUT2D eigenvalue weighted by Crippen LogP contribution is -2.30. The zero-order valence-electron chi connectivity index (χ0n) is 11.8. The van der Waals surface area contributed by atoms with Gasteiger partial charge in [-0.15, -0.1) is 0 Å². The molecule has 1 aliphatic rings. The maximum atomic E-state index is 12.1. The Labute approximate surface area is 111 Å². The third-order valence-corrected chi connectivity index (χ3v) is 4.01. The van der Waals surface area contributed by atoms with Gasteiger partial charge in [-0.3, -0.25) is 4.79 Å². The molecule has 4 heteroatoms. The molecule has 18 heavy (non-hydrogen) atoms. The van der Waals surface area contributed by atoms with Gasteiger partial charge in [0.25, 0.3) is 0 Å². The van der Waals surface area contributed by atoms with Crippen molar-refractivity contribution in [2.75, 3.05) is 26.2 Å². The number of aliphatic hydroxyl groups excluding tert-OH is 1. The van der Waals surface area contributed by atoms with E-state index in [0.717, 1.165) is 38.8 Å². The number of amides is 1. The van der Waals surface area contributed by atoms with E-state index < -0.39 is 0 Å². The first-order valence-corrected chi connectivity index (χ1v) is 7.07. The molecular weight excluding hydrogens is 228 g/mol. The summed E-state index contributed by atoms with van der Waals surface area (Å²) in [5.41, 5.74) is 5.74. The third kappa shape index (κ3) is 4.94. The number of aliphatic hydroxyl groups is 1. The molecule has 1 amide bonds. The number of hydrogen-bond donors (Lipinski definition) is 2. The smallest absolute Gasteiger partial charge is 0.222 e. The summed E-state index contributed by atoms with van der Waals surface area (Å²) in [7, 11) is 0. The van der Waals surface area contributed by atoms with Gasteiger partial charge in [-0.25, -0.2) is 0 Å². The normalized spacial score (nSPS) is 20.4. The Morgan fingerprint density at radius 1 is 1.44 bits per heavy atom. The molecule has 0 radical (unpaired) electrons. The van der Waals surface area contributed by atoms with Gasteiger partial charge >= 0.3 is 0 Å². The van der Waals surface area contributed by atoms with E-state index in [1.165, 1.54) is 0 Å². The van der Waals surface area contributed by atoms with Crippen LogP contribution in [0.4, 0.5) is 0 Å². The lowest BCUT2D eigenvalue weighted by molar-refractivity contribution is -0.130. The summed E-state index contributed by atoms with van der Waals surface area (Å²) < 4.78 is 0. The van der Waals surface area contributed by atoms with Crippen LogP contribution in [0.1, 0.15) is 46.0 Å². The topological polar surface area (TPSA) is 66.6 Å². The summed E-state index contributed by atoms with van der Waals surface area (Å²) in [5.74, 6) is 0.761. The van der Waals surface area contributed by atoms with Crippen LogP contribution in [-0.2, 0) is 4.79 Å². The number of hydrogen-bond acceptors (Lipinski definition) is 3. The Kier molecular flexibility index (Phi) is 6.09. The number of carbonyl (C=O) groups is 1. The molecule has 106 valence electrons. The van der Waals surface area contributed by atoms with Crippen molar-refractivity contribution in [1.29, 1.82) is 0 Å². The average molecular weight is 256 g/mol. The molecule has 0 aromatic rings. The first-order valence-electron chi connectivity index (χ1n) is 7.07. The van der Waals surface area contributed by atoms with Crippen LogP contribution in [0.25, 0.3) is 0 Å². The molecule has 1 saturated heterocycles. The second-order valence-corrected chi connectivity index (χ2v) is 6.21. The lowest BCUT2D eigenvalue weighted by atomic mass is 9.84. The summed E-state index contributed by atoms with van der Waals surface area (Å²) in [6.07, 6.45) is 4.36. The van der Waals surface area contributed by atoms with Gasteiger partial charge in [0.05, 0.1) is 0 Å². The number of carbonyl (C=O) groups excluding carboxylic acids is 1. The highest BCUT2D eigenvalue weighted by molar-refractivity contribution is 5.76. The maximum absolute atomic E-state index is 12.1. The molecule has 0 aliphatic carbocycles. The van der Waals surface area contributed by atoms with Crippen molar-refractivity contribution in [3.8, 4) is 0 Å². The van der Waals surface area contributed by atoms with E-state index in [0.29, 0.717) is 18.9 Å². The largest absolute Gasteiger partial charge is 0.396 e. The highest BCUT2D eigenvalue weighted by Gasteiger charge is 2.27. The monoisotopic (exact) mass is 256 g/mol. The standard InChI is InChI=1S/C14H28N2O2/c1-14(2,7-8-15)6-3-13(18)16-9-4-12(11-16)5-10-17/h12,17H,3-11,15H2,1-2H3.